The van der Waals surface area contributed by atoms with Crippen LogP contribution in [-0.4, -0.2) is 33.3 Å². The van der Waals surface area contributed by atoms with E-state index in [-0.39, 0.29) is 11.9 Å². The predicted molar refractivity (Wildman–Crippen MR) is 84.1 cm³/mol. The average Bonchev–Trinajstić information content (AvgIpc) is 3.27. The molecular formula is C16H27N5O. The molecule has 1 amide bonds. The van der Waals surface area contributed by atoms with Crippen molar-refractivity contribution in [3.8, 4) is 0 Å². The molecule has 2 N–H and O–H groups in total. The molecule has 22 heavy (non-hydrogen) atoms. The lowest BCUT2D eigenvalue weighted by Crippen LogP contribution is -2.38. The van der Waals surface area contributed by atoms with Crippen molar-refractivity contribution in [2.24, 2.45) is 13.0 Å². The van der Waals surface area contributed by atoms with Crippen LogP contribution in [0.4, 0.5) is 0 Å². The highest BCUT2D eigenvalue weighted by Gasteiger charge is 2.34. The summed E-state index contributed by atoms with van der Waals surface area (Å²) in [6.45, 7) is 0.701. The SMILES string of the molecule is Cn1ncnc1C(NCCC(=O)NC1CCCCC1)C1CC1. The van der Waals surface area contributed by atoms with Crippen LogP contribution in [-0.2, 0) is 11.8 Å². The fourth-order valence-corrected chi connectivity index (χ4v) is 3.37. The summed E-state index contributed by atoms with van der Waals surface area (Å²) in [6.07, 6.45) is 10.7. The molecule has 0 radical (unpaired) electrons. The Morgan fingerprint density at radius 2 is 2.09 bits per heavy atom. The number of nitrogens with one attached hydrogen (secondary N) is 2. The Balaban J connectivity index is 1.43. The molecule has 0 aliphatic heterocycles. The molecule has 0 aromatic carbocycles. The van der Waals surface area contributed by atoms with Gasteiger partial charge in [-0.1, -0.05) is 19.3 Å². The van der Waals surface area contributed by atoms with Crippen molar-refractivity contribution in [2.75, 3.05) is 6.54 Å². The van der Waals surface area contributed by atoms with Crippen molar-refractivity contribution >= 4 is 5.91 Å². The van der Waals surface area contributed by atoms with Crippen molar-refractivity contribution in [1.82, 2.24) is 25.4 Å². The normalized spacial score (nSPS) is 20.8. The molecule has 2 saturated carbocycles. The monoisotopic (exact) mass is 305 g/mol. The topological polar surface area (TPSA) is 71.8 Å². The van der Waals surface area contributed by atoms with Crippen LogP contribution in [0.5, 0.6) is 0 Å². The molecule has 3 rings (SSSR count). The molecule has 1 aromatic heterocycles. The Labute approximate surface area is 132 Å². The van der Waals surface area contributed by atoms with Crippen LogP contribution >= 0.6 is 0 Å². The summed E-state index contributed by atoms with van der Waals surface area (Å²) in [5, 5.41) is 10.8. The molecular weight excluding hydrogens is 278 g/mol. The minimum atomic E-state index is 0.173. The van der Waals surface area contributed by atoms with Crippen molar-refractivity contribution in [3.05, 3.63) is 12.2 Å². The minimum Gasteiger partial charge on any atom is -0.353 e. The maximum Gasteiger partial charge on any atom is 0.221 e. The summed E-state index contributed by atoms with van der Waals surface area (Å²) in [5.74, 6) is 1.80. The number of hydrogen-bond donors (Lipinski definition) is 2. The van der Waals surface area contributed by atoms with Gasteiger partial charge in [0.2, 0.25) is 5.91 Å². The van der Waals surface area contributed by atoms with Gasteiger partial charge < -0.3 is 10.6 Å². The predicted octanol–water partition coefficient (Wildman–Crippen LogP) is 1.69. The van der Waals surface area contributed by atoms with Gasteiger partial charge in [0.05, 0.1) is 6.04 Å². The van der Waals surface area contributed by atoms with Gasteiger partial charge in [-0.05, 0) is 31.6 Å². The third-order valence-corrected chi connectivity index (χ3v) is 4.80. The lowest BCUT2D eigenvalue weighted by Gasteiger charge is -2.23. The third kappa shape index (κ3) is 4.06. The first kappa shape index (κ1) is 15.5. The number of amides is 1. The van der Waals surface area contributed by atoms with E-state index in [0.29, 0.717) is 24.9 Å². The first-order chi connectivity index (χ1) is 10.7. The van der Waals surface area contributed by atoms with E-state index in [1.807, 2.05) is 11.7 Å². The summed E-state index contributed by atoms with van der Waals surface area (Å²) >= 11 is 0. The molecule has 0 spiro atoms. The van der Waals surface area contributed by atoms with Gasteiger partial charge in [0.25, 0.3) is 0 Å². The standard InChI is InChI=1S/C16H27N5O/c1-21-16(18-11-19-21)15(12-7-8-12)17-10-9-14(22)20-13-5-3-2-4-6-13/h11-13,15,17H,2-10H2,1H3,(H,20,22). The summed E-state index contributed by atoms with van der Waals surface area (Å²) in [4.78, 5) is 16.4. The first-order valence-corrected chi connectivity index (χ1v) is 8.60. The number of carbonyl (C=O) groups is 1. The number of rotatable bonds is 7. The number of aryl methyl sites for hydroxylation is 1. The van der Waals surface area contributed by atoms with E-state index < -0.39 is 0 Å². The van der Waals surface area contributed by atoms with Crippen molar-refractivity contribution in [1.29, 1.82) is 0 Å². The summed E-state index contributed by atoms with van der Waals surface area (Å²) in [5.41, 5.74) is 0. The van der Waals surface area contributed by atoms with Crippen LogP contribution in [0.3, 0.4) is 0 Å². The molecule has 2 aliphatic carbocycles. The molecule has 2 aliphatic rings. The van der Waals surface area contributed by atoms with Gasteiger partial charge in [-0.15, -0.1) is 0 Å². The summed E-state index contributed by atoms with van der Waals surface area (Å²) < 4.78 is 1.83. The van der Waals surface area contributed by atoms with E-state index in [2.05, 4.69) is 20.7 Å². The van der Waals surface area contributed by atoms with E-state index in [9.17, 15) is 4.79 Å². The van der Waals surface area contributed by atoms with Crippen LogP contribution in [0.25, 0.3) is 0 Å². The molecule has 6 heteroatoms. The Bertz CT molecular complexity index is 490. The minimum absolute atomic E-state index is 0.173. The zero-order valence-electron chi connectivity index (χ0n) is 13.4. The van der Waals surface area contributed by atoms with Gasteiger partial charge >= 0.3 is 0 Å². The van der Waals surface area contributed by atoms with Crippen molar-refractivity contribution in [2.45, 2.75) is 63.5 Å². The summed E-state index contributed by atoms with van der Waals surface area (Å²) in [7, 11) is 1.93. The number of hydrogen-bond acceptors (Lipinski definition) is 4. The molecule has 122 valence electrons. The average molecular weight is 305 g/mol. The second-order valence-electron chi connectivity index (χ2n) is 6.66. The van der Waals surface area contributed by atoms with Crippen LogP contribution in [0.2, 0.25) is 0 Å². The van der Waals surface area contributed by atoms with E-state index in [0.717, 1.165) is 18.7 Å². The van der Waals surface area contributed by atoms with E-state index in [1.165, 1.54) is 32.1 Å². The Morgan fingerprint density at radius 1 is 1.32 bits per heavy atom. The van der Waals surface area contributed by atoms with Crippen LogP contribution in [0.1, 0.15) is 63.2 Å². The molecule has 6 nitrogen and oxygen atoms in total. The zero-order chi connectivity index (χ0) is 15.4. The number of aromatic nitrogens is 3. The maximum atomic E-state index is 12.0. The highest BCUT2D eigenvalue weighted by atomic mass is 16.1. The van der Waals surface area contributed by atoms with Gasteiger partial charge in [0.15, 0.2) is 0 Å². The molecule has 1 heterocycles. The quantitative estimate of drug-likeness (QED) is 0.804. The fourth-order valence-electron chi connectivity index (χ4n) is 3.37. The highest BCUT2D eigenvalue weighted by molar-refractivity contribution is 5.76. The number of carbonyl (C=O) groups excluding carboxylic acids is 1. The fraction of sp³-hybridized carbons (Fsp3) is 0.812. The van der Waals surface area contributed by atoms with Gasteiger partial charge in [-0.2, -0.15) is 5.10 Å². The Kier molecular flexibility index (Phi) is 5.08. The molecule has 0 bridgehead atoms. The van der Waals surface area contributed by atoms with E-state index in [4.69, 9.17) is 0 Å². The molecule has 1 aromatic rings. The van der Waals surface area contributed by atoms with Crippen LogP contribution in [0.15, 0.2) is 6.33 Å². The van der Waals surface area contributed by atoms with Gasteiger partial charge in [-0.3, -0.25) is 9.48 Å². The molecule has 1 unspecified atom stereocenters. The van der Waals surface area contributed by atoms with E-state index >= 15 is 0 Å². The Hall–Kier alpha value is -1.43. The summed E-state index contributed by atoms with van der Waals surface area (Å²) in [6, 6.07) is 0.634. The molecule has 0 saturated heterocycles. The van der Waals surface area contributed by atoms with Crippen molar-refractivity contribution < 1.29 is 4.79 Å². The largest absolute Gasteiger partial charge is 0.353 e. The first-order valence-electron chi connectivity index (χ1n) is 8.60. The lowest BCUT2D eigenvalue weighted by molar-refractivity contribution is -0.121. The van der Waals surface area contributed by atoms with Gasteiger partial charge in [0, 0.05) is 26.1 Å². The highest BCUT2D eigenvalue weighted by Crippen LogP contribution is 2.40. The van der Waals surface area contributed by atoms with Gasteiger partial charge in [0.1, 0.15) is 12.2 Å². The zero-order valence-corrected chi connectivity index (χ0v) is 13.4. The second kappa shape index (κ2) is 7.22. The maximum absolute atomic E-state index is 12.0. The smallest absolute Gasteiger partial charge is 0.221 e. The van der Waals surface area contributed by atoms with Crippen LogP contribution in [0, 0.1) is 5.92 Å². The van der Waals surface area contributed by atoms with Crippen molar-refractivity contribution in [3.63, 3.8) is 0 Å². The lowest BCUT2D eigenvalue weighted by atomic mass is 9.95. The number of nitrogens with zero attached hydrogens (tertiary/aromatic N) is 3. The molecule has 1 atom stereocenters. The van der Waals surface area contributed by atoms with E-state index in [1.54, 1.807) is 6.33 Å². The van der Waals surface area contributed by atoms with Crippen LogP contribution < -0.4 is 10.6 Å². The third-order valence-electron chi connectivity index (χ3n) is 4.80. The molecule has 2 fully saturated rings. The second-order valence-corrected chi connectivity index (χ2v) is 6.66. The van der Waals surface area contributed by atoms with Gasteiger partial charge in [-0.25, -0.2) is 4.98 Å². The Morgan fingerprint density at radius 3 is 2.73 bits per heavy atom.